The molecule has 0 heterocycles. The van der Waals surface area contributed by atoms with Crippen LogP contribution >= 0.6 is 0 Å². The number of carboxylic acid groups (broad SMARTS) is 1. The van der Waals surface area contributed by atoms with Gasteiger partial charge in [0.2, 0.25) is 0 Å². The van der Waals surface area contributed by atoms with Crippen molar-refractivity contribution in [2.45, 2.75) is 25.7 Å². The van der Waals surface area contributed by atoms with Crippen molar-refractivity contribution >= 4 is 11.9 Å². The van der Waals surface area contributed by atoms with Gasteiger partial charge in [0.05, 0.1) is 0 Å². The summed E-state index contributed by atoms with van der Waals surface area (Å²) < 4.78 is 0. The molecular formula is C6H9NaO5. The molecule has 0 fully saturated rings. The van der Waals surface area contributed by atoms with E-state index in [2.05, 4.69) is 4.89 Å². The molecule has 6 heteroatoms. The van der Waals surface area contributed by atoms with Gasteiger partial charge in [-0.15, -0.1) is 0 Å². The Hall–Kier alpha value is -0.100. The van der Waals surface area contributed by atoms with Crippen molar-refractivity contribution in [2.75, 3.05) is 0 Å². The molecule has 0 rings (SSSR count). The van der Waals surface area contributed by atoms with Gasteiger partial charge >= 0.3 is 35.5 Å². The molecule has 1 N–H and O–H groups in total. The summed E-state index contributed by atoms with van der Waals surface area (Å²) in [7, 11) is 0. The van der Waals surface area contributed by atoms with E-state index in [9.17, 15) is 14.7 Å². The van der Waals surface area contributed by atoms with E-state index < -0.39 is 11.9 Å². The Balaban J connectivity index is 0. The number of aliphatic carboxylic acids is 1. The van der Waals surface area contributed by atoms with Crippen LogP contribution in [0.15, 0.2) is 0 Å². The topological polar surface area (TPSA) is 86.7 Å². The van der Waals surface area contributed by atoms with Gasteiger partial charge in [0.25, 0.3) is 0 Å². The summed E-state index contributed by atoms with van der Waals surface area (Å²) in [5.41, 5.74) is 0. The molecule has 0 bridgehead atoms. The second-order valence-electron chi connectivity index (χ2n) is 2.04. The summed E-state index contributed by atoms with van der Waals surface area (Å²) in [6, 6.07) is 0. The third kappa shape index (κ3) is 9.90. The molecule has 0 aliphatic carbocycles. The van der Waals surface area contributed by atoms with Crippen molar-refractivity contribution in [2.24, 2.45) is 0 Å². The fourth-order valence-electron chi connectivity index (χ4n) is 0.584. The van der Waals surface area contributed by atoms with Gasteiger partial charge in [-0.2, -0.15) is 5.26 Å². The molecule has 0 aromatic rings. The number of carbonyl (C=O) groups is 2. The molecule has 0 radical (unpaired) electrons. The van der Waals surface area contributed by atoms with Crippen LogP contribution in [0, 0.1) is 0 Å². The fourth-order valence-corrected chi connectivity index (χ4v) is 0.584. The number of carboxylic acids is 1. The van der Waals surface area contributed by atoms with E-state index in [0.29, 0.717) is 12.8 Å². The predicted molar refractivity (Wildman–Crippen MR) is 32.2 cm³/mol. The summed E-state index contributed by atoms with van der Waals surface area (Å²) in [5, 5.41) is 17.6. The van der Waals surface area contributed by atoms with Crippen molar-refractivity contribution in [3.63, 3.8) is 0 Å². The maximum atomic E-state index is 10.2. The smallest absolute Gasteiger partial charge is 0.550 e. The zero-order chi connectivity index (χ0) is 8.69. The van der Waals surface area contributed by atoms with Gasteiger partial charge in [-0.25, -0.2) is 4.79 Å². The van der Waals surface area contributed by atoms with Crippen LogP contribution in [0.2, 0.25) is 0 Å². The molecule has 0 saturated carbocycles. The van der Waals surface area contributed by atoms with Crippen LogP contribution in [-0.4, -0.2) is 17.2 Å². The van der Waals surface area contributed by atoms with Crippen LogP contribution in [-0.2, 0) is 14.5 Å². The molecule has 12 heavy (non-hydrogen) atoms. The van der Waals surface area contributed by atoms with E-state index in [4.69, 9.17) is 5.26 Å². The van der Waals surface area contributed by atoms with Gasteiger partial charge in [0, 0.05) is 12.4 Å². The quantitative estimate of drug-likeness (QED) is 0.206. The summed E-state index contributed by atoms with van der Waals surface area (Å²) in [6.07, 6.45) is 0.702. The Bertz CT molecular complexity index is 147. The molecular weight excluding hydrogens is 175 g/mol. The van der Waals surface area contributed by atoms with E-state index in [1.54, 1.807) is 0 Å². The van der Waals surface area contributed by atoms with Gasteiger partial charge < -0.3 is 14.8 Å². The maximum absolute atomic E-state index is 10.2. The first-order valence-electron chi connectivity index (χ1n) is 3.21. The first kappa shape index (κ1) is 14.4. The summed E-state index contributed by atoms with van der Waals surface area (Å²) in [5.74, 6) is -1.88. The van der Waals surface area contributed by atoms with Crippen molar-refractivity contribution in [3.05, 3.63) is 0 Å². The van der Waals surface area contributed by atoms with E-state index >= 15 is 0 Å². The molecule has 5 nitrogen and oxygen atoms in total. The predicted octanol–water partition coefficient (Wildman–Crippen LogP) is -3.68. The molecule has 0 aliphatic rings. The third-order valence-electron chi connectivity index (χ3n) is 1.11. The first-order chi connectivity index (χ1) is 5.16. The third-order valence-corrected chi connectivity index (χ3v) is 1.11. The van der Waals surface area contributed by atoms with Crippen LogP contribution in [0.25, 0.3) is 0 Å². The zero-order valence-corrected chi connectivity index (χ0v) is 8.91. The zero-order valence-electron chi connectivity index (χ0n) is 6.91. The van der Waals surface area contributed by atoms with Crippen LogP contribution in [0.1, 0.15) is 25.7 Å². The molecule has 64 valence electrons. The first-order valence-corrected chi connectivity index (χ1v) is 3.21. The largest absolute Gasteiger partial charge is 1.00 e. The van der Waals surface area contributed by atoms with E-state index in [0.717, 1.165) is 0 Å². The maximum Gasteiger partial charge on any atom is 1.00 e. The summed E-state index contributed by atoms with van der Waals surface area (Å²) in [4.78, 5) is 23.4. The van der Waals surface area contributed by atoms with Gasteiger partial charge in [0.15, 0.2) is 0 Å². The van der Waals surface area contributed by atoms with Crippen molar-refractivity contribution in [3.8, 4) is 0 Å². The Morgan fingerprint density at radius 3 is 2.17 bits per heavy atom. The molecule has 0 aromatic carbocycles. The van der Waals surface area contributed by atoms with E-state index in [-0.39, 0.29) is 42.4 Å². The van der Waals surface area contributed by atoms with Gasteiger partial charge in [-0.05, 0) is 19.3 Å². The number of hydrogen-bond acceptors (Lipinski definition) is 5. The average Bonchev–Trinajstić information content (AvgIpc) is 1.97. The fraction of sp³-hybridized carbons (Fsp3) is 0.667. The number of unbranched alkanes of at least 4 members (excludes halogenated alkanes) is 1. The van der Waals surface area contributed by atoms with Gasteiger partial charge in [-0.3, -0.25) is 0 Å². The second kappa shape index (κ2) is 8.99. The molecule has 0 aromatic heterocycles. The average molecular weight is 184 g/mol. The van der Waals surface area contributed by atoms with Crippen molar-refractivity contribution in [1.82, 2.24) is 0 Å². The van der Waals surface area contributed by atoms with Crippen LogP contribution in [0.5, 0.6) is 0 Å². The van der Waals surface area contributed by atoms with Gasteiger partial charge in [0.1, 0.15) is 0 Å². The Labute approximate surface area is 91.9 Å². The molecule has 0 saturated heterocycles. The summed E-state index contributed by atoms with van der Waals surface area (Å²) >= 11 is 0. The normalized spacial score (nSPS) is 8.42. The van der Waals surface area contributed by atoms with Gasteiger partial charge in [-0.1, -0.05) is 0 Å². The Kier molecular flexibility index (Phi) is 10.8. The van der Waals surface area contributed by atoms with Crippen LogP contribution < -0.4 is 34.7 Å². The SMILES string of the molecule is O=C([O-])CCCCC(=O)OO.[Na+]. The van der Waals surface area contributed by atoms with E-state index in [1.807, 2.05) is 0 Å². The monoisotopic (exact) mass is 184 g/mol. The Morgan fingerprint density at radius 1 is 1.25 bits per heavy atom. The summed E-state index contributed by atoms with van der Waals surface area (Å²) in [6.45, 7) is 0. The molecule has 0 atom stereocenters. The van der Waals surface area contributed by atoms with E-state index in [1.165, 1.54) is 0 Å². The molecule has 0 unspecified atom stereocenters. The van der Waals surface area contributed by atoms with Crippen molar-refractivity contribution < 1.29 is 54.4 Å². The molecule has 0 amide bonds. The minimum atomic E-state index is -1.14. The number of rotatable bonds is 5. The number of hydrogen-bond donors (Lipinski definition) is 1. The second-order valence-corrected chi connectivity index (χ2v) is 2.04. The Morgan fingerprint density at radius 2 is 1.75 bits per heavy atom. The number of carbonyl (C=O) groups excluding carboxylic acids is 2. The van der Waals surface area contributed by atoms with Crippen molar-refractivity contribution in [1.29, 1.82) is 0 Å². The minimum absolute atomic E-state index is 0. The standard InChI is InChI=1S/C6H10O5.Na/c7-5(8)3-1-2-4-6(9)11-10;/h10H,1-4H2,(H,7,8);/q;+1/p-1. The minimum Gasteiger partial charge on any atom is -0.550 e. The van der Waals surface area contributed by atoms with Crippen LogP contribution in [0.3, 0.4) is 0 Å². The molecule has 0 aliphatic heterocycles. The molecule has 0 spiro atoms. The van der Waals surface area contributed by atoms with Crippen LogP contribution in [0.4, 0.5) is 0 Å².